The van der Waals surface area contributed by atoms with Crippen molar-refractivity contribution in [2.45, 2.75) is 30.2 Å². The smallest absolute Gasteiger partial charge is 0.244 e. The van der Waals surface area contributed by atoms with Gasteiger partial charge in [0.25, 0.3) is 0 Å². The molecule has 8 nitrogen and oxygen atoms in total. The highest BCUT2D eigenvalue weighted by molar-refractivity contribution is 7.89. The van der Waals surface area contributed by atoms with E-state index in [1.54, 1.807) is 23.0 Å². The lowest BCUT2D eigenvalue weighted by Crippen LogP contribution is -2.38. The van der Waals surface area contributed by atoms with E-state index >= 15 is 0 Å². The predicted molar refractivity (Wildman–Crippen MR) is 140 cm³/mol. The van der Waals surface area contributed by atoms with Gasteiger partial charge in [0.1, 0.15) is 18.6 Å². The van der Waals surface area contributed by atoms with Gasteiger partial charge in [0.15, 0.2) is 5.65 Å². The molecule has 1 aliphatic heterocycles. The summed E-state index contributed by atoms with van der Waals surface area (Å²) in [5.74, 6) is 0.956. The average Bonchev–Trinajstić information content (AvgIpc) is 3.25. The lowest BCUT2D eigenvalue weighted by molar-refractivity contribution is 0.317. The summed E-state index contributed by atoms with van der Waals surface area (Å²) in [5, 5.41) is 8.43. The lowest BCUT2D eigenvalue weighted by Gasteiger charge is -2.31. The largest absolute Gasteiger partial charge is 0.366 e. The zero-order valence-corrected chi connectivity index (χ0v) is 21.4. The first-order valence-electron chi connectivity index (χ1n) is 11.3. The second-order valence-electron chi connectivity index (χ2n) is 8.60. The van der Waals surface area contributed by atoms with Crippen LogP contribution >= 0.6 is 23.2 Å². The van der Waals surface area contributed by atoms with Crippen LogP contribution in [0, 0.1) is 0 Å². The zero-order valence-electron chi connectivity index (χ0n) is 19.0. The third kappa shape index (κ3) is 4.88. The third-order valence-electron chi connectivity index (χ3n) is 6.25. The summed E-state index contributed by atoms with van der Waals surface area (Å²) in [5.41, 5.74) is 3.75. The summed E-state index contributed by atoms with van der Waals surface area (Å²) in [6, 6.07) is 10.4. The van der Waals surface area contributed by atoms with Crippen LogP contribution in [-0.4, -0.2) is 53.2 Å². The van der Waals surface area contributed by atoms with Crippen molar-refractivity contribution < 1.29 is 8.42 Å². The van der Waals surface area contributed by atoms with Gasteiger partial charge in [0.2, 0.25) is 10.0 Å². The molecule has 1 aromatic carbocycles. The number of sulfonamides is 1. The Labute approximate surface area is 214 Å². The molecule has 180 valence electrons. The Morgan fingerprint density at radius 1 is 1.11 bits per heavy atom. The Morgan fingerprint density at radius 3 is 2.66 bits per heavy atom. The fourth-order valence-electron chi connectivity index (χ4n) is 4.33. The van der Waals surface area contributed by atoms with Crippen LogP contribution in [0.5, 0.6) is 0 Å². The number of fused-ring (bicyclic) bond motifs is 1. The summed E-state index contributed by atoms with van der Waals surface area (Å²) in [6.45, 7) is 1.35. The highest BCUT2D eigenvalue weighted by atomic mass is 35.5. The van der Waals surface area contributed by atoms with Crippen LogP contribution < -0.4 is 10.8 Å². The van der Waals surface area contributed by atoms with E-state index in [1.165, 1.54) is 16.4 Å². The standard InChI is InChI=1S/C23H23BCl2N6O2S/c24-18-14-29-32-22(28-13-15-2-1-7-27-12-15)11-20(30-23(18)32)16-5-8-31(9-6-16)35(33,34)21-10-17(25)3-4-19(21)26/h1-4,7,10-12,14,16,28H,5-6,8-9,13,24H2. The first-order chi connectivity index (χ1) is 16.8. The van der Waals surface area contributed by atoms with Crippen molar-refractivity contribution in [3.05, 3.63) is 76.3 Å². The number of hydrogen-bond acceptors (Lipinski definition) is 6. The van der Waals surface area contributed by atoms with E-state index in [9.17, 15) is 8.42 Å². The van der Waals surface area contributed by atoms with Gasteiger partial charge in [-0.15, -0.1) is 0 Å². The van der Waals surface area contributed by atoms with Crippen molar-refractivity contribution in [2.24, 2.45) is 0 Å². The van der Waals surface area contributed by atoms with Gasteiger partial charge in [-0.05, 0) is 48.1 Å². The molecule has 5 rings (SSSR count). The average molecular weight is 529 g/mol. The van der Waals surface area contributed by atoms with Crippen molar-refractivity contribution in [2.75, 3.05) is 18.4 Å². The minimum absolute atomic E-state index is 0.0430. The maximum atomic E-state index is 13.2. The van der Waals surface area contributed by atoms with E-state index in [2.05, 4.69) is 15.4 Å². The van der Waals surface area contributed by atoms with Crippen molar-refractivity contribution in [3.63, 3.8) is 0 Å². The molecule has 1 saturated heterocycles. The van der Waals surface area contributed by atoms with Crippen LogP contribution in [0.2, 0.25) is 10.0 Å². The van der Waals surface area contributed by atoms with Gasteiger partial charge in [0, 0.05) is 60.9 Å². The van der Waals surface area contributed by atoms with Gasteiger partial charge < -0.3 is 5.32 Å². The molecular weight excluding hydrogens is 506 g/mol. The number of hydrogen-bond donors (Lipinski definition) is 1. The first kappa shape index (κ1) is 24.1. The van der Waals surface area contributed by atoms with Crippen LogP contribution in [-0.2, 0) is 16.6 Å². The normalized spacial score (nSPS) is 15.5. The molecule has 1 fully saturated rings. The first-order valence-corrected chi connectivity index (χ1v) is 13.5. The second kappa shape index (κ2) is 9.77. The number of anilines is 1. The Bertz CT molecular complexity index is 1470. The van der Waals surface area contributed by atoms with E-state index in [1.807, 2.05) is 32.2 Å². The molecule has 0 atom stereocenters. The number of halogens is 2. The summed E-state index contributed by atoms with van der Waals surface area (Å²) in [7, 11) is -1.76. The highest BCUT2D eigenvalue weighted by Crippen LogP contribution is 2.33. The molecule has 1 N–H and O–H groups in total. The van der Waals surface area contributed by atoms with Crippen LogP contribution in [0.15, 0.2) is 59.9 Å². The molecule has 3 aromatic heterocycles. The topological polar surface area (TPSA) is 92.5 Å². The van der Waals surface area contributed by atoms with Crippen molar-refractivity contribution >= 4 is 58.0 Å². The van der Waals surface area contributed by atoms with Crippen molar-refractivity contribution in [3.8, 4) is 0 Å². The molecular formula is C23H23BCl2N6O2S. The van der Waals surface area contributed by atoms with Crippen LogP contribution in [0.1, 0.15) is 30.0 Å². The Morgan fingerprint density at radius 2 is 1.91 bits per heavy atom. The summed E-state index contributed by atoms with van der Waals surface area (Å²) in [6.07, 6.45) is 6.66. The van der Waals surface area contributed by atoms with Gasteiger partial charge in [-0.25, -0.2) is 13.4 Å². The fraction of sp³-hybridized carbons (Fsp3) is 0.261. The number of rotatable bonds is 6. The maximum Gasteiger partial charge on any atom is 0.244 e. The quantitative estimate of drug-likeness (QED) is 0.387. The number of nitrogens with one attached hydrogen (secondary N) is 1. The molecule has 12 heteroatoms. The Hall–Kier alpha value is -2.66. The molecule has 1 aliphatic rings. The minimum Gasteiger partial charge on any atom is -0.366 e. The van der Waals surface area contributed by atoms with E-state index in [4.69, 9.17) is 28.2 Å². The molecule has 0 radical (unpaired) electrons. The summed E-state index contributed by atoms with van der Waals surface area (Å²) >= 11 is 12.2. The SMILES string of the molecule is Bc1cnn2c(NCc3cccnc3)cc(C3CCN(S(=O)(=O)c4cc(Cl)ccc4Cl)CC3)nc12. The molecule has 0 unspecified atom stereocenters. The Kier molecular flexibility index (Phi) is 6.72. The van der Waals surface area contributed by atoms with Gasteiger partial charge in [-0.2, -0.15) is 13.9 Å². The number of aromatic nitrogens is 4. The number of pyridine rings is 1. The number of benzene rings is 1. The second-order valence-corrected chi connectivity index (χ2v) is 11.3. The predicted octanol–water partition coefficient (Wildman–Crippen LogP) is 2.87. The maximum absolute atomic E-state index is 13.2. The van der Waals surface area contributed by atoms with E-state index in [-0.39, 0.29) is 15.8 Å². The van der Waals surface area contributed by atoms with Gasteiger partial charge >= 0.3 is 0 Å². The lowest BCUT2D eigenvalue weighted by atomic mass is 9.94. The summed E-state index contributed by atoms with van der Waals surface area (Å²) < 4.78 is 29.7. The number of piperidine rings is 1. The van der Waals surface area contributed by atoms with Crippen molar-refractivity contribution in [1.29, 1.82) is 0 Å². The van der Waals surface area contributed by atoms with Crippen LogP contribution in [0.3, 0.4) is 0 Å². The minimum atomic E-state index is -3.74. The Balaban J connectivity index is 1.37. The molecule has 35 heavy (non-hydrogen) atoms. The van der Waals surface area contributed by atoms with Gasteiger partial charge in [-0.1, -0.05) is 29.3 Å². The molecule has 0 bridgehead atoms. The van der Waals surface area contributed by atoms with E-state index in [0.29, 0.717) is 37.5 Å². The van der Waals surface area contributed by atoms with Gasteiger partial charge in [0.05, 0.1) is 5.02 Å². The summed E-state index contributed by atoms with van der Waals surface area (Å²) in [4.78, 5) is 9.10. The van der Waals surface area contributed by atoms with E-state index < -0.39 is 10.0 Å². The zero-order chi connectivity index (χ0) is 24.6. The molecule has 4 heterocycles. The fourth-order valence-corrected chi connectivity index (χ4v) is 6.53. The molecule has 0 aliphatic carbocycles. The monoisotopic (exact) mass is 528 g/mol. The highest BCUT2D eigenvalue weighted by Gasteiger charge is 2.32. The van der Waals surface area contributed by atoms with Crippen LogP contribution in [0.25, 0.3) is 5.65 Å². The molecule has 0 spiro atoms. The molecule has 4 aromatic rings. The van der Waals surface area contributed by atoms with Crippen molar-refractivity contribution in [1.82, 2.24) is 23.9 Å². The third-order valence-corrected chi connectivity index (χ3v) is 8.86. The van der Waals surface area contributed by atoms with Crippen LogP contribution in [0.4, 0.5) is 5.82 Å². The van der Waals surface area contributed by atoms with E-state index in [0.717, 1.165) is 28.2 Å². The molecule has 0 saturated carbocycles. The molecule has 0 amide bonds. The number of nitrogens with zero attached hydrogens (tertiary/aromatic N) is 5. The van der Waals surface area contributed by atoms with Gasteiger partial charge in [-0.3, -0.25) is 4.98 Å².